The Balaban J connectivity index is 2.14. The first-order valence-corrected chi connectivity index (χ1v) is 4.68. The molecular weight excluding hydrogens is 197 g/mol. The van der Waals surface area contributed by atoms with Gasteiger partial charge < -0.3 is 10.1 Å². The fourth-order valence-electron chi connectivity index (χ4n) is 1.47. The molecule has 2 atom stereocenters. The molecule has 0 aromatic carbocycles. The third-order valence-corrected chi connectivity index (χ3v) is 2.24. The number of alkyl halides is 1. The van der Waals surface area contributed by atoms with Crippen molar-refractivity contribution in [3.05, 3.63) is 24.0 Å². The third kappa shape index (κ3) is 2.05. The lowest BCUT2D eigenvalue weighted by Gasteiger charge is -2.14. The maximum Gasteiger partial charge on any atom is 0.182 e. The molecule has 15 heavy (non-hydrogen) atoms. The molecule has 0 spiro atoms. The number of rotatable bonds is 2. The molecule has 0 saturated carbocycles. The number of pyridine rings is 1. The summed E-state index contributed by atoms with van der Waals surface area (Å²) < 4.78 is 18.6. The number of nitriles is 1. The molecule has 78 valence electrons. The van der Waals surface area contributed by atoms with Gasteiger partial charge in [-0.2, -0.15) is 5.26 Å². The average molecular weight is 207 g/mol. The van der Waals surface area contributed by atoms with Gasteiger partial charge in [0, 0.05) is 19.3 Å². The zero-order chi connectivity index (χ0) is 10.7. The van der Waals surface area contributed by atoms with Gasteiger partial charge in [0.2, 0.25) is 0 Å². The zero-order valence-electron chi connectivity index (χ0n) is 7.98. The number of halogens is 1. The van der Waals surface area contributed by atoms with Gasteiger partial charge in [0.05, 0.1) is 0 Å². The molecule has 0 radical (unpaired) electrons. The number of hydrogen-bond donors (Lipinski definition) is 1. The third-order valence-electron chi connectivity index (χ3n) is 2.24. The lowest BCUT2D eigenvalue weighted by atomic mass is 10.2. The lowest BCUT2D eigenvalue weighted by Crippen LogP contribution is -2.27. The van der Waals surface area contributed by atoms with Gasteiger partial charge in [0.25, 0.3) is 0 Å². The minimum Gasteiger partial charge on any atom is -0.483 e. The highest BCUT2D eigenvalue weighted by atomic mass is 19.1. The van der Waals surface area contributed by atoms with Crippen molar-refractivity contribution in [1.82, 2.24) is 10.3 Å². The van der Waals surface area contributed by atoms with Crippen LogP contribution < -0.4 is 10.1 Å². The van der Waals surface area contributed by atoms with E-state index in [1.54, 1.807) is 12.1 Å². The fourth-order valence-corrected chi connectivity index (χ4v) is 1.47. The summed E-state index contributed by atoms with van der Waals surface area (Å²) in [7, 11) is 0. The smallest absolute Gasteiger partial charge is 0.182 e. The van der Waals surface area contributed by atoms with Gasteiger partial charge in [-0.1, -0.05) is 0 Å². The maximum atomic E-state index is 13.2. The van der Waals surface area contributed by atoms with Crippen LogP contribution in [0.15, 0.2) is 18.3 Å². The van der Waals surface area contributed by atoms with Gasteiger partial charge in [-0.25, -0.2) is 9.37 Å². The van der Waals surface area contributed by atoms with Crippen LogP contribution in [-0.4, -0.2) is 30.3 Å². The largest absolute Gasteiger partial charge is 0.483 e. The molecule has 1 aliphatic rings. The molecule has 0 bridgehead atoms. The molecule has 0 aliphatic carbocycles. The quantitative estimate of drug-likeness (QED) is 0.773. The van der Waals surface area contributed by atoms with E-state index in [9.17, 15) is 4.39 Å². The number of ether oxygens (including phenoxy) is 1. The molecule has 2 rings (SSSR count). The Bertz CT molecular complexity index is 390. The van der Waals surface area contributed by atoms with Crippen molar-refractivity contribution in [3.8, 4) is 11.8 Å². The first-order valence-electron chi connectivity index (χ1n) is 4.68. The second kappa shape index (κ2) is 4.24. The average Bonchev–Trinajstić information content (AvgIpc) is 2.65. The van der Waals surface area contributed by atoms with Crippen molar-refractivity contribution >= 4 is 0 Å². The van der Waals surface area contributed by atoms with Crippen molar-refractivity contribution < 1.29 is 9.13 Å². The molecular formula is C10H10FN3O. The molecule has 1 N–H and O–H groups in total. The molecule has 2 heterocycles. The summed E-state index contributed by atoms with van der Waals surface area (Å²) in [5, 5.41) is 11.6. The second-order valence-electron chi connectivity index (χ2n) is 3.29. The van der Waals surface area contributed by atoms with Gasteiger partial charge >= 0.3 is 0 Å². The van der Waals surface area contributed by atoms with Crippen molar-refractivity contribution in [2.24, 2.45) is 0 Å². The first-order chi connectivity index (χ1) is 7.31. The summed E-state index contributed by atoms with van der Waals surface area (Å²) in [6, 6.07) is 5.19. The van der Waals surface area contributed by atoms with Gasteiger partial charge in [0.1, 0.15) is 12.2 Å². The topological polar surface area (TPSA) is 57.9 Å². The molecule has 5 heteroatoms. The molecule has 2 unspecified atom stereocenters. The Hall–Kier alpha value is -1.67. The Morgan fingerprint density at radius 2 is 2.47 bits per heavy atom. The van der Waals surface area contributed by atoms with Crippen LogP contribution in [0, 0.1) is 11.3 Å². The lowest BCUT2D eigenvalue weighted by molar-refractivity contribution is 0.139. The van der Waals surface area contributed by atoms with Crippen molar-refractivity contribution in [1.29, 1.82) is 5.26 Å². The summed E-state index contributed by atoms with van der Waals surface area (Å²) in [6.45, 7) is 0.758. The van der Waals surface area contributed by atoms with Gasteiger partial charge in [-0.05, 0) is 12.1 Å². The SMILES string of the molecule is N#Cc1ncccc1OC1CNCC1F. The second-order valence-corrected chi connectivity index (χ2v) is 3.29. The molecule has 0 amide bonds. The van der Waals surface area contributed by atoms with E-state index < -0.39 is 12.3 Å². The molecule has 1 aliphatic heterocycles. The van der Waals surface area contributed by atoms with Crippen LogP contribution in [0.25, 0.3) is 0 Å². The van der Waals surface area contributed by atoms with Gasteiger partial charge in [-0.15, -0.1) is 0 Å². The highest BCUT2D eigenvalue weighted by molar-refractivity contribution is 5.36. The number of aromatic nitrogens is 1. The summed E-state index contributed by atoms with van der Waals surface area (Å²) in [5.74, 6) is 0.344. The van der Waals surface area contributed by atoms with Crippen LogP contribution in [0.4, 0.5) is 4.39 Å². The molecule has 1 saturated heterocycles. The van der Waals surface area contributed by atoms with E-state index in [2.05, 4.69) is 10.3 Å². The Kier molecular flexibility index (Phi) is 2.79. The fraction of sp³-hybridized carbons (Fsp3) is 0.400. The van der Waals surface area contributed by atoms with E-state index in [0.29, 0.717) is 18.8 Å². The molecule has 4 nitrogen and oxygen atoms in total. The van der Waals surface area contributed by atoms with E-state index in [-0.39, 0.29) is 5.69 Å². The summed E-state index contributed by atoms with van der Waals surface area (Å²) >= 11 is 0. The number of nitrogens with zero attached hydrogens (tertiary/aromatic N) is 2. The maximum absolute atomic E-state index is 13.2. The Labute approximate surface area is 86.7 Å². The van der Waals surface area contributed by atoms with E-state index >= 15 is 0 Å². The summed E-state index contributed by atoms with van der Waals surface area (Å²) in [4.78, 5) is 3.84. The Morgan fingerprint density at radius 3 is 3.13 bits per heavy atom. The van der Waals surface area contributed by atoms with Gasteiger partial charge in [0.15, 0.2) is 17.6 Å². The normalized spacial score (nSPS) is 24.8. The molecule has 1 fully saturated rings. The Morgan fingerprint density at radius 1 is 1.60 bits per heavy atom. The predicted octanol–water partition coefficient (Wildman–Crippen LogP) is 0.642. The van der Waals surface area contributed by atoms with Crippen molar-refractivity contribution in [3.63, 3.8) is 0 Å². The minimum absolute atomic E-state index is 0.191. The van der Waals surface area contributed by atoms with E-state index in [1.165, 1.54) is 6.20 Å². The first kappa shape index (κ1) is 9.87. The van der Waals surface area contributed by atoms with E-state index in [1.807, 2.05) is 6.07 Å². The van der Waals surface area contributed by atoms with Crippen LogP contribution in [-0.2, 0) is 0 Å². The van der Waals surface area contributed by atoms with Crippen LogP contribution in [0.5, 0.6) is 5.75 Å². The van der Waals surface area contributed by atoms with Crippen LogP contribution in [0.1, 0.15) is 5.69 Å². The van der Waals surface area contributed by atoms with Crippen LogP contribution in [0.2, 0.25) is 0 Å². The molecule has 1 aromatic rings. The van der Waals surface area contributed by atoms with Crippen LogP contribution >= 0.6 is 0 Å². The molecule has 1 aromatic heterocycles. The van der Waals surface area contributed by atoms with Crippen LogP contribution in [0.3, 0.4) is 0 Å². The van der Waals surface area contributed by atoms with E-state index in [0.717, 1.165) is 0 Å². The van der Waals surface area contributed by atoms with Crippen molar-refractivity contribution in [2.75, 3.05) is 13.1 Å². The number of nitrogens with one attached hydrogen (secondary N) is 1. The highest BCUT2D eigenvalue weighted by Gasteiger charge is 2.29. The van der Waals surface area contributed by atoms with E-state index in [4.69, 9.17) is 10.00 Å². The predicted molar refractivity (Wildman–Crippen MR) is 51.1 cm³/mol. The van der Waals surface area contributed by atoms with Gasteiger partial charge in [-0.3, -0.25) is 0 Å². The minimum atomic E-state index is -1.03. The number of hydrogen-bond acceptors (Lipinski definition) is 4. The zero-order valence-corrected chi connectivity index (χ0v) is 7.98. The highest BCUT2D eigenvalue weighted by Crippen LogP contribution is 2.19. The van der Waals surface area contributed by atoms with Crippen molar-refractivity contribution in [2.45, 2.75) is 12.3 Å². The standard InChI is InChI=1S/C10H10FN3O/c11-7-5-13-6-10(7)15-9-2-1-3-14-8(9)4-12/h1-3,7,10,13H,5-6H2. The monoisotopic (exact) mass is 207 g/mol. The summed E-state index contributed by atoms with van der Waals surface area (Å²) in [5.41, 5.74) is 0.191. The summed E-state index contributed by atoms with van der Waals surface area (Å²) in [6.07, 6.45) is -0.0522.